The van der Waals surface area contributed by atoms with E-state index in [0.29, 0.717) is 21.4 Å². The highest BCUT2D eigenvalue weighted by Gasteiger charge is 2.03. The number of rotatable bonds is 3. The average molecular weight is 268 g/mol. The monoisotopic (exact) mass is 267 g/mol. The van der Waals surface area contributed by atoms with E-state index in [0.717, 1.165) is 5.56 Å². The van der Waals surface area contributed by atoms with Crippen LogP contribution in [0.5, 0.6) is 0 Å². The SMILES string of the molecule is Nc1ccc(SCc2ccc(Cl)cc2)c(F)c1. The molecule has 0 aliphatic rings. The first-order valence-electron chi connectivity index (χ1n) is 5.07. The lowest BCUT2D eigenvalue weighted by atomic mass is 10.2. The molecule has 2 N–H and O–H groups in total. The van der Waals surface area contributed by atoms with Crippen LogP contribution in [0.2, 0.25) is 5.02 Å². The molecule has 0 spiro atoms. The van der Waals surface area contributed by atoms with Crippen molar-refractivity contribution in [2.45, 2.75) is 10.6 Å². The molecule has 0 unspecified atom stereocenters. The normalized spacial score (nSPS) is 10.5. The van der Waals surface area contributed by atoms with E-state index >= 15 is 0 Å². The molecule has 2 aromatic carbocycles. The quantitative estimate of drug-likeness (QED) is 0.661. The Hall–Kier alpha value is -1.19. The highest BCUT2D eigenvalue weighted by molar-refractivity contribution is 7.98. The summed E-state index contributed by atoms with van der Waals surface area (Å²) in [6, 6.07) is 12.3. The van der Waals surface area contributed by atoms with E-state index in [4.69, 9.17) is 17.3 Å². The van der Waals surface area contributed by atoms with Crippen LogP contribution in [-0.4, -0.2) is 0 Å². The van der Waals surface area contributed by atoms with E-state index in [2.05, 4.69) is 0 Å². The molecule has 88 valence electrons. The highest BCUT2D eigenvalue weighted by Crippen LogP contribution is 2.27. The Morgan fingerprint density at radius 2 is 1.82 bits per heavy atom. The summed E-state index contributed by atoms with van der Waals surface area (Å²) in [6.45, 7) is 0. The summed E-state index contributed by atoms with van der Waals surface area (Å²) in [7, 11) is 0. The van der Waals surface area contributed by atoms with Crippen molar-refractivity contribution >= 4 is 29.1 Å². The third-order valence-electron chi connectivity index (χ3n) is 2.26. The molecule has 0 atom stereocenters. The molecule has 17 heavy (non-hydrogen) atoms. The zero-order chi connectivity index (χ0) is 12.3. The average Bonchev–Trinajstić information content (AvgIpc) is 2.30. The highest BCUT2D eigenvalue weighted by atomic mass is 35.5. The van der Waals surface area contributed by atoms with Crippen LogP contribution in [0.3, 0.4) is 0 Å². The first-order chi connectivity index (χ1) is 8.15. The van der Waals surface area contributed by atoms with Crippen LogP contribution in [-0.2, 0) is 5.75 Å². The fraction of sp³-hybridized carbons (Fsp3) is 0.0769. The van der Waals surface area contributed by atoms with E-state index in [-0.39, 0.29) is 5.82 Å². The van der Waals surface area contributed by atoms with Gasteiger partial charge in [0.25, 0.3) is 0 Å². The van der Waals surface area contributed by atoms with Crippen molar-refractivity contribution in [1.82, 2.24) is 0 Å². The second-order valence-corrected chi connectivity index (χ2v) is 5.06. The fourth-order valence-electron chi connectivity index (χ4n) is 1.38. The van der Waals surface area contributed by atoms with Crippen LogP contribution >= 0.6 is 23.4 Å². The van der Waals surface area contributed by atoms with E-state index in [1.807, 2.05) is 24.3 Å². The van der Waals surface area contributed by atoms with Crippen LogP contribution in [0.1, 0.15) is 5.56 Å². The van der Waals surface area contributed by atoms with Gasteiger partial charge in [-0.25, -0.2) is 4.39 Å². The molecule has 0 radical (unpaired) electrons. The smallest absolute Gasteiger partial charge is 0.138 e. The van der Waals surface area contributed by atoms with Crippen molar-refractivity contribution in [2.75, 3.05) is 5.73 Å². The standard InChI is InChI=1S/C13H11ClFNS/c14-10-3-1-9(2-4-10)8-17-13-6-5-11(16)7-12(13)15/h1-7H,8,16H2. The van der Waals surface area contributed by atoms with Gasteiger partial charge in [-0.05, 0) is 35.9 Å². The summed E-state index contributed by atoms with van der Waals surface area (Å²) in [5.41, 5.74) is 7.04. The molecule has 2 aromatic rings. The number of halogens is 2. The molecule has 0 heterocycles. The Kier molecular flexibility index (Phi) is 3.92. The molecule has 0 fully saturated rings. The van der Waals surface area contributed by atoms with Gasteiger partial charge in [-0.1, -0.05) is 23.7 Å². The maximum Gasteiger partial charge on any atom is 0.138 e. The minimum Gasteiger partial charge on any atom is -0.399 e. The van der Waals surface area contributed by atoms with Crippen molar-refractivity contribution in [2.24, 2.45) is 0 Å². The summed E-state index contributed by atoms with van der Waals surface area (Å²) in [4.78, 5) is 0.606. The van der Waals surface area contributed by atoms with E-state index in [1.54, 1.807) is 12.1 Å². The minimum atomic E-state index is -0.274. The van der Waals surface area contributed by atoms with Crippen molar-refractivity contribution in [3.63, 3.8) is 0 Å². The topological polar surface area (TPSA) is 26.0 Å². The molecule has 0 bridgehead atoms. The minimum absolute atomic E-state index is 0.274. The number of nitrogen functional groups attached to an aromatic ring is 1. The Labute approximate surface area is 109 Å². The first-order valence-corrected chi connectivity index (χ1v) is 6.44. The van der Waals surface area contributed by atoms with Gasteiger partial charge < -0.3 is 5.73 Å². The molecule has 1 nitrogen and oxygen atoms in total. The third kappa shape index (κ3) is 3.38. The Morgan fingerprint density at radius 3 is 2.47 bits per heavy atom. The van der Waals surface area contributed by atoms with Gasteiger partial charge in [-0.3, -0.25) is 0 Å². The number of benzene rings is 2. The van der Waals surface area contributed by atoms with Gasteiger partial charge in [0, 0.05) is 21.4 Å². The summed E-state index contributed by atoms with van der Waals surface area (Å²) in [5.74, 6) is 0.432. The van der Waals surface area contributed by atoms with Gasteiger partial charge in [0.1, 0.15) is 5.82 Å². The van der Waals surface area contributed by atoms with Gasteiger partial charge in [0.05, 0.1) is 0 Å². The molecule has 0 aliphatic heterocycles. The summed E-state index contributed by atoms with van der Waals surface area (Å²) >= 11 is 7.23. The summed E-state index contributed by atoms with van der Waals surface area (Å²) < 4.78 is 13.5. The Balaban J connectivity index is 2.04. The second-order valence-electron chi connectivity index (χ2n) is 3.61. The number of anilines is 1. The van der Waals surface area contributed by atoms with Crippen LogP contribution in [0.4, 0.5) is 10.1 Å². The molecule has 0 aromatic heterocycles. The van der Waals surface area contributed by atoms with Crippen molar-refractivity contribution in [1.29, 1.82) is 0 Å². The van der Waals surface area contributed by atoms with Crippen molar-refractivity contribution in [3.8, 4) is 0 Å². The van der Waals surface area contributed by atoms with E-state index < -0.39 is 0 Å². The molecule has 0 saturated carbocycles. The van der Waals surface area contributed by atoms with Crippen LogP contribution < -0.4 is 5.73 Å². The number of nitrogens with two attached hydrogens (primary N) is 1. The van der Waals surface area contributed by atoms with Gasteiger partial charge in [-0.15, -0.1) is 11.8 Å². The van der Waals surface area contributed by atoms with Crippen LogP contribution in [0.25, 0.3) is 0 Å². The summed E-state index contributed by atoms with van der Waals surface area (Å²) in [6.07, 6.45) is 0. The molecular weight excluding hydrogens is 257 g/mol. The summed E-state index contributed by atoms with van der Waals surface area (Å²) in [5, 5.41) is 0.706. The second kappa shape index (κ2) is 5.43. The van der Waals surface area contributed by atoms with E-state index in [1.165, 1.54) is 17.8 Å². The number of thioether (sulfide) groups is 1. The predicted molar refractivity (Wildman–Crippen MR) is 71.8 cm³/mol. The zero-order valence-electron chi connectivity index (χ0n) is 8.99. The molecule has 0 aliphatic carbocycles. The fourth-order valence-corrected chi connectivity index (χ4v) is 2.38. The molecule has 0 saturated heterocycles. The molecule has 4 heteroatoms. The maximum absolute atomic E-state index is 13.5. The lowest BCUT2D eigenvalue weighted by Crippen LogP contribution is -1.88. The molecule has 2 rings (SSSR count). The van der Waals surface area contributed by atoms with Crippen molar-refractivity contribution in [3.05, 3.63) is 58.9 Å². The van der Waals surface area contributed by atoms with Crippen molar-refractivity contribution < 1.29 is 4.39 Å². The molecule has 0 amide bonds. The van der Waals surface area contributed by atoms with E-state index in [9.17, 15) is 4.39 Å². The maximum atomic E-state index is 13.5. The Bertz CT molecular complexity index is 513. The molecular formula is C13H11ClFNS. The largest absolute Gasteiger partial charge is 0.399 e. The van der Waals surface area contributed by atoms with Crippen LogP contribution in [0.15, 0.2) is 47.4 Å². The van der Waals surface area contributed by atoms with Crippen LogP contribution in [0, 0.1) is 5.82 Å². The van der Waals surface area contributed by atoms with Gasteiger partial charge in [0.15, 0.2) is 0 Å². The first kappa shape index (κ1) is 12.3. The van der Waals surface area contributed by atoms with Gasteiger partial charge in [-0.2, -0.15) is 0 Å². The zero-order valence-corrected chi connectivity index (χ0v) is 10.6. The number of hydrogen-bond donors (Lipinski definition) is 1. The number of hydrogen-bond acceptors (Lipinski definition) is 2. The van der Waals surface area contributed by atoms with Gasteiger partial charge >= 0.3 is 0 Å². The van der Waals surface area contributed by atoms with Gasteiger partial charge in [0.2, 0.25) is 0 Å². The lowest BCUT2D eigenvalue weighted by Gasteiger charge is -2.04. The lowest BCUT2D eigenvalue weighted by molar-refractivity contribution is 0.603. The predicted octanol–water partition coefficient (Wildman–Crippen LogP) is 4.35. The Morgan fingerprint density at radius 1 is 1.12 bits per heavy atom. The third-order valence-corrected chi connectivity index (χ3v) is 3.64.